The van der Waals surface area contributed by atoms with Gasteiger partial charge in [-0.05, 0) is 43.3 Å². The second-order valence-corrected chi connectivity index (χ2v) is 5.70. The van der Waals surface area contributed by atoms with Gasteiger partial charge in [0.25, 0.3) is 11.8 Å². The van der Waals surface area contributed by atoms with Crippen LogP contribution in [0.5, 0.6) is 5.75 Å². The predicted octanol–water partition coefficient (Wildman–Crippen LogP) is 2.61. The first-order chi connectivity index (χ1) is 11.9. The number of amides is 2. The van der Waals surface area contributed by atoms with Crippen LogP contribution in [-0.4, -0.2) is 43.2 Å². The number of hydrogen-bond donors (Lipinski definition) is 1. The molecule has 2 rings (SSSR count). The number of Topliss-reactive ketones (excluding diaryl/α,β-unsaturated/α-hetero) is 1. The Bertz CT molecular complexity index is 782. The summed E-state index contributed by atoms with van der Waals surface area (Å²) in [5.41, 5.74) is 1.64. The van der Waals surface area contributed by atoms with Crippen molar-refractivity contribution in [2.24, 2.45) is 0 Å². The molecule has 0 atom stereocenters. The molecule has 2 amide bonds. The van der Waals surface area contributed by atoms with Crippen LogP contribution in [-0.2, 0) is 4.79 Å². The van der Waals surface area contributed by atoms with Gasteiger partial charge in [-0.3, -0.25) is 14.4 Å². The van der Waals surface area contributed by atoms with Gasteiger partial charge in [-0.25, -0.2) is 0 Å². The quantitative estimate of drug-likeness (QED) is 0.820. The molecule has 0 aromatic heterocycles. The maximum Gasteiger partial charge on any atom is 0.262 e. The standard InChI is InChI=1S/C19H20N2O4/c1-13(22)15-5-4-6-17(11-15)25-12-18(23)20-16-9-7-14(8-10-16)19(24)21(2)3/h4-11H,12H2,1-3H3,(H,20,23). The maximum atomic E-state index is 12.0. The SMILES string of the molecule is CC(=O)c1cccc(OCC(=O)Nc2ccc(C(=O)N(C)C)cc2)c1. The molecule has 0 unspecified atom stereocenters. The average molecular weight is 340 g/mol. The van der Waals surface area contributed by atoms with Crippen LogP contribution in [0.15, 0.2) is 48.5 Å². The third kappa shape index (κ3) is 5.17. The van der Waals surface area contributed by atoms with Crippen LogP contribution in [0.4, 0.5) is 5.69 Å². The summed E-state index contributed by atoms with van der Waals surface area (Å²) in [4.78, 5) is 36.6. The Hall–Kier alpha value is -3.15. The highest BCUT2D eigenvalue weighted by atomic mass is 16.5. The van der Waals surface area contributed by atoms with E-state index in [0.29, 0.717) is 22.6 Å². The van der Waals surface area contributed by atoms with Crippen LogP contribution in [0.3, 0.4) is 0 Å². The van der Waals surface area contributed by atoms with Crippen molar-refractivity contribution in [1.82, 2.24) is 4.90 Å². The van der Waals surface area contributed by atoms with Gasteiger partial charge in [0.15, 0.2) is 12.4 Å². The van der Waals surface area contributed by atoms with Gasteiger partial charge in [-0.2, -0.15) is 0 Å². The van der Waals surface area contributed by atoms with Crippen LogP contribution < -0.4 is 10.1 Å². The molecule has 1 N–H and O–H groups in total. The first kappa shape index (κ1) is 18.2. The Morgan fingerprint density at radius 2 is 1.68 bits per heavy atom. The maximum absolute atomic E-state index is 12.0. The summed E-state index contributed by atoms with van der Waals surface area (Å²) in [5, 5.41) is 2.69. The molecular weight excluding hydrogens is 320 g/mol. The number of ketones is 1. The summed E-state index contributed by atoms with van der Waals surface area (Å²) >= 11 is 0. The van der Waals surface area contributed by atoms with Crippen LogP contribution in [0.25, 0.3) is 0 Å². The molecule has 0 bridgehead atoms. The third-order valence-corrected chi connectivity index (χ3v) is 3.43. The largest absolute Gasteiger partial charge is 0.484 e. The molecule has 0 heterocycles. The van der Waals surface area contributed by atoms with E-state index in [-0.39, 0.29) is 24.2 Å². The molecule has 6 nitrogen and oxygen atoms in total. The first-order valence-corrected chi connectivity index (χ1v) is 7.72. The summed E-state index contributed by atoms with van der Waals surface area (Å²) in [7, 11) is 3.35. The molecule has 0 saturated carbocycles. The normalized spacial score (nSPS) is 10.0. The molecular formula is C19H20N2O4. The van der Waals surface area contributed by atoms with Crippen molar-refractivity contribution in [2.45, 2.75) is 6.92 Å². The van der Waals surface area contributed by atoms with Crippen molar-refractivity contribution < 1.29 is 19.1 Å². The molecule has 0 spiro atoms. The molecule has 0 aliphatic rings. The van der Waals surface area contributed by atoms with Crippen LogP contribution in [0, 0.1) is 0 Å². The Morgan fingerprint density at radius 3 is 2.28 bits per heavy atom. The minimum absolute atomic E-state index is 0.0673. The number of nitrogens with one attached hydrogen (secondary N) is 1. The van der Waals surface area contributed by atoms with E-state index in [1.165, 1.54) is 11.8 Å². The lowest BCUT2D eigenvalue weighted by molar-refractivity contribution is -0.118. The Morgan fingerprint density at radius 1 is 1.00 bits per heavy atom. The molecule has 0 aliphatic carbocycles. The lowest BCUT2D eigenvalue weighted by Crippen LogP contribution is -2.22. The molecule has 25 heavy (non-hydrogen) atoms. The number of benzene rings is 2. The predicted molar refractivity (Wildman–Crippen MR) is 95.0 cm³/mol. The lowest BCUT2D eigenvalue weighted by atomic mass is 10.1. The van der Waals surface area contributed by atoms with Crippen molar-refractivity contribution in [3.63, 3.8) is 0 Å². The van der Waals surface area contributed by atoms with Crippen molar-refractivity contribution in [3.05, 3.63) is 59.7 Å². The number of ether oxygens (including phenoxy) is 1. The molecule has 0 fully saturated rings. The van der Waals surface area contributed by atoms with E-state index in [2.05, 4.69) is 5.32 Å². The summed E-state index contributed by atoms with van der Waals surface area (Å²) in [6.07, 6.45) is 0. The molecule has 2 aromatic carbocycles. The summed E-state index contributed by atoms with van der Waals surface area (Å²) in [5.74, 6) is -0.0523. The van der Waals surface area contributed by atoms with Gasteiger partial charge < -0.3 is 15.0 Å². The van der Waals surface area contributed by atoms with Gasteiger partial charge in [-0.1, -0.05) is 12.1 Å². The number of nitrogens with zero attached hydrogens (tertiary/aromatic N) is 1. The number of rotatable bonds is 6. The second kappa shape index (κ2) is 8.10. The van der Waals surface area contributed by atoms with Gasteiger partial charge in [-0.15, -0.1) is 0 Å². The van der Waals surface area contributed by atoms with E-state index < -0.39 is 0 Å². The smallest absolute Gasteiger partial charge is 0.262 e. The van der Waals surface area contributed by atoms with Crippen molar-refractivity contribution in [2.75, 3.05) is 26.0 Å². The Balaban J connectivity index is 1.91. The van der Waals surface area contributed by atoms with Crippen molar-refractivity contribution >= 4 is 23.3 Å². The fourth-order valence-corrected chi connectivity index (χ4v) is 2.11. The Labute approximate surface area is 146 Å². The number of hydrogen-bond acceptors (Lipinski definition) is 4. The molecule has 6 heteroatoms. The van der Waals surface area contributed by atoms with E-state index in [0.717, 1.165) is 0 Å². The minimum atomic E-state index is -0.333. The number of carbonyl (C=O) groups is 3. The molecule has 0 aliphatic heterocycles. The summed E-state index contributed by atoms with van der Waals surface area (Å²) in [6.45, 7) is 1.29. The van der Waals surface area contributed by atoms with Crippen LogP contribution in [0.2, 0.25) is 0 Å². The van der Waals surface area contributed by atoms with Crippen molar-refractivity contribution in [1.29, 1.82) is 0 Å². The highest BCUT2D eigenvalue weighted by Gasteiger charge is 2.09. The number of carbonyl (C=O) groups excluding carboxylic acids is 3. The topological polar surface area (TPSA) is 75.7 Å². The fraction of sp³-hybridized carbons (Fsp3) is 0.211. The molecule has 130 valence electrons. The number of anilines is 1. The van der Waals surface area contributed by atoms with E-state index >= 15 is 0 Å². The van der Waals surface area contributed by atoms with Gasteiger partial charge in [0, 0.05) is 30.9 Å². The van der Waals surface area contributed by atoms with Crippen LogP contribution in [0.1, 0.15) is 27.6 Å². The van der Waals surface area contributed by atoms with E-state index in [1.807, 2.05) is 0 Å². The third-order valence-electron chi connectivity index (χ3n) is 3.43. The highest BCUT2D eigenvalue weighted by Crippen LogP contribution is 2.14. The molecule has 0 radical (unpaired) electrons. The van der Waals surface area contributed by atoms with Crippen LogP contribution >= 0.6 is 0 Å². The average Bonchev–Trinajstić information content (AvgIpc) is 2.60. The van der Waals surface area contributed by atoms with Gasteiger partial charge in [0.1, 0.15) is 5.75 Å². The fourth-order valence-electron chi connectivity index (χ4n) is 2.11. The lowest BCUT2D eigenvalue weighted by Gasteiger charge is -2.11. The monoisotopic (exact) mass is 340 g/mol. The van der Waals surface area contributed by atoms with E-state index in [9.17, 15) is 14.4 Å². The summed E-state index contributed by atoms with van der Waals surface area (Å²) < 4.78 is 5.40. The first-order valence-electron chi connectivity index (χ1n) is 7.72. The van der Waals surface area contributed by atoms with E-state index in [4.69, 9.17) is 4.74 Å². The zero-order valence-electron chi connectivity index (χ0n) is 14.4. The van der Waals surface area contributed by atoms with Gasteiger partial charge >= 0.3 is 0 Å². The van der Waals surface area contributed by atoms with Gasteiger partial charge in [0.05, 0.1) is 0 Å². The Kier molecular flexibility index (Phi) is 5.89. The molecule has 0 saturated heterocycles. The highest BCUT2D eigenvalue weighted by molar-refractivity contribution is 5.96. The zero-order valence-corrected chi connectivity index (χ0v) is 14.4. The van der Waals surface area contributed by atoms with Gasteiger partial charge in [0.2, 0.25) is 0 Å². The molecule has 2 aromatic rings. The zero-order chi connectivity index (χ0) is 18.4. The van der Waals surface area contributed by atoms with Crippen molar-refractivity contribution in [3.8, 4) is 5.75 Å². The minimum Gasteiger partial charge on any atom is -0.484 e. The second-order valence-electron chi connectivity index (χ2n) is 5.70. The summed E-state index contributed by atoms with van der Waals surface area (Å²) in [6, 6.07) is 13.3. The van der Waals surface area contributed by atoms with E-state index in [1.54, 1.807) is 62.6 Å².